The van der Waals surface area contributed by atoms with Crippen molar-refractivity contribution in [3.8, 4) is 0 Å². The van der Waals surface area contributed by atoms with E-state index in [4.69, 9.17) is 11.6 Å². The molecule has 0 spiro atoms. The Morgan fingerprint density at radius 3 is 1.38 bits per heavy atom. The minimum absolute atomic E-state index is 0.149. The van der Waals surface area contributed by atoms with Crippen LogP contribution in [0.4, 0.5) is 21.0 Å². The highest BCUT2D eigenvalue weighted by Crippen LogP contribution is 2.29. The fourth-order valence-electron chi connectivity index (χ4n) is 3.97. The van der Waals surface area contributed by atoms with E-state index in [0.29, 0.717) is 16.4 Å². The van der Waals surface area contributed by atoms with Crippen LogP contribution in [0.1, 0.15) is 23.2 Å². The summed E-state index contributed by atoms with van der Waals surface area (Å²) in [5.74, 6) is 0. The molecule has 0 saturated heterocycles. The van der Waals surface area contributed by atoms with E-state index in [1.807, 2.05) is 60.7 Å². The van der Waals surface area contributed by atoms with Crippen LogP contribution < -0.4 is 21.3 Å². The summed E-state index contributed by atoms with van der Waals surface area (Å²) >= 11 is 5.95. The highest BCUT2D eigenvalue weighted by Gasteiger charge is 2.28. The number of anilines is 2. The van der Waals surface area contributed by atoms with Crippen LogP contribution in [0.3, 0.4) is 0 Å². The molecule has 2 atom stereocenters. The number of nitrogens with one attached hydrogen (secondary N) is 4. The maximum atomic E-state index is 13.1. The number of rotatable bonds is 8. The molecular weight excluding hydrogens is 536 g/mol. The normalized spacial score (nSPS) is 12.6. The number of sulfone groups is 1. The molecule has 8 nitrogen and oxygen atoms in total. The topological polar surface area (TPSA) is 116 Å². The lowest BCUT2D eigenvalue weighted by atomic mass is 9.93. The van der Waals surface area contributed by atoms with Crippen molar-refractivity contribution >= 4 is 44.9 Å². The molecule has 0 aliphatic heterocycles. The molecule has 0 radical (unpaired) electrons. The van der Waals surface area contributed by atoms with Crippen molar-refractivity contribution in [1.82, 2.24) is 10.6 Å². The van der Waals surface area contributed by atoms with Gasteiger partial charge in [0.25, 0.3) is 0 Å². The highest BCUT2D eigenvalue weighted by molar-refractivity contribution is 7.90. The first-order valence-electron chi connectivity index (χ1n) is 12.0. The first-order chi connectivity index (χ1) is 18.7. The standard InChI is InChI=1S/C29H27ClN4O4S/c1-39(37,38)25-18-16-24(17-19-25)32-29(36)34-27(21-10-6-3-7-11-21)26(20-8-4-2-5-9-20)33-28(35)31-23-14-12-22(30)13-15-23/h2-19,26-27H,1H3,(H2,31,33,35)(H2,32,34,36). The fourth-order valence-corrected chi connectivity index (χ4v) is 4.73. The molecule has 0 aliphatic carbocycles. The molecule has 0 aliphatic rings. The molecule has 0 saturated carbocycles. The fraction of sp³-hybridized carbons (Fsp3) is 0.103. The minimum atomic E-state index is -3.36. The average molecular weight is 563 g/mol. The molecule has 4 amide bonds. The van der Waals surface area contributed by atoms with Gasteiger partial charge in [0.2, 0.25) is 0 Å². The van der Waals surface area contributed by atoms with Gasteiger partial charge in [-0.05, 0) is 59.7 Å². The van der Waals surface area contributed by atoms with Gasteiger partial charge in [-0.25, -0.2) is 18.0 Å². The number of hydrogen-bond acceptors (Lipinski definition) is 4. The molecule has 4 rings (SSSR count). The Morgan fingerprint density at radius 1 is 0.615 bits per heavy atom. The Kier molecular flexibility index (Phi) is 8.85. The van der Waals surface area contributed by atoms with Crippen molar-refractivity contribution in [3.63, 3.8) is 0 Å². The van der Waals surface area contributed by atoms with Gasteiger partial charge in [0, 0.05) is 22.7 Å². The van der Waals surface area contributed by atoms with Crippen molar-refractivity contribution in [3.05, 3.63) is 125 Å². The summed E-state index contributed by atoms with van der Waals surface area (Å²) < 4.78 is 23.5. The predicted molar refractivity (Wildman–Crippen MR) is 154 cm³/mol. The summed E-state index contributed by atoms with van der Waals surface area (Å²) in [6.45, 7) is 0. The lowest BCUT2D eigenvalue weighted by Crippen LogP contribution is -2.43. The van der Waals surface area contributed by atoms with Gasteiger partial charge in [-0.15, -0.1) is 0 Å². The van der Waals surface area contributed by atoms with Gasteiger partial charge in [0.1, 0.15) is 0 Å². The molecule has 4 aromatic carbocycles. The van der Waals surface area contributed by atoms with E-state index in [1.165, 1.54) is 24.3 Å². The molecule has 0 bridgehead atoms. The highest BCUT2D eigenvalue weighted by atomic mass is 35.5. The zero-order valence-corrected chi connectivity index (χ0v) is 22.5. The van der Waals surface area contributed by atoms with E-state index in [2.05, 4.69) is 21.3 Å². The maximum absolute atomic E-state index is 13.1. The number of carbonyl (C=O) groups is 2. The Morgan fingerprint density at radius 2 is 1.00 bits per heavy atom. The van der Waals surface area contributed by atoms with Crippen LogP contribution in [0.25, 0.3) is 0 Å². The van der Waals surface area contributed by atoms with E-state index in [9.17, 15) is 18.0 Å². The van der Waals surface area contributed by atoms with Gasteiger partial charge in [-0.3, -0.25) is 0 Å². The van der Waals surface area contributed by atoms with Crippen LogP contribution in [-0.2, 0) is 9.84 Å². The summed E-state index contributed by atoms with van der Waals surface area (Å²) in [5.41, 5.74) is 2.51. The van der Waals surface area contributed by atoms with Crippen LogP contribution in [-0.4, -0.2) is 26.7 Å². The van der Waals surface area contributed by atoms with Gasteiger partial charge in [-0.2, -0.15) is 0 Å². The number of carbonyl (C=O) groups excluding carboxylic acids is 2. The molecule has 10 heteroatoms. The minimum Gasteiger partial charge on any atom is -0.329 e. The lowest BCUT2D eigenvalue weighted by molar-refractivity contribution is 0.236. The molecule has 0 heterocycles. The number of amides is 4. The Balaban J connectivity index is 1.60. The Bertz CT molecular complexity index is 1520. The average Bonchev–Trinajstić information content (AvgIpc) is 2.93. The van der Waals surface area contributed by atoms with Crippen molar-refractivity contribution in [2.45, 2.75) is 17.0 Å². The number of halogens is 1. The number of benzene rings is 4. The van der Waals surface area contributed by atoms with E-state index in [1.54, 1.807) is 24.3 Å². The van der Waals surface area contributed by atoms with Crippen LogP contribution in [0.2, 0.25) is 5.02 Å². The summed E-state index contributed by atoms with van der Waals surface area (Å²) in [6, 6.07) is 28.9. The first-order valence-corrected chi connectivity index (χ1v) is 14.3. The van der Waals surface area contributed by atoms with Crippen LogP contribution in [0, 0.1) is 0 Å². The SMILES string of the molecule is CS(=O)(=O)c1ccc(NC(=O)NC(c2ccccc2)C(NC(=O)Nc2ccc(Cl)cc2)c2ccccc2)cc1. The largest absolute Gasteiger partial charge is 0.329 e. The van der Waals surface area contributed by atoms with Gasteiger partial charge in [-0.1, -0.05) is 72.3 Å². The maximum Gasteiger partial charge on any atom is 0.319 e. The molecular formula is C29H27ClN4O4S. The second-order valence-electron chi connectivity index (χ2n) is 8.78. The zero-order chi connectivity index (χ0) is 27.8. The van der Waals surface area contributed by atoms with E-state index in [0.717, 1.165) is 17.4 Å². The predicted octanol–water partition coefficient (Wildman–Crippen LogP) is 6.17. The van der Waals surface area contributed by atoms with Crippen molar-refractivity contribution < 1.29 is 18.0 Å². The van der Waals surface area contributed by atoms with Crippen LogP contribution in [0.15, 0.2) is 114 Å². The smallest absolute Gasteiger partial charge is 0.319 e. The molecule has 2 unspecified atom stereocenters. The van der Waals surface area contributed by atoms with Gasteiger partial charge >= 0.3 is 12.1 Å². The number of hydrogen-bond donors (Lipinski definition) is 4. The second-order valence-corrected chi connectivity index (χ2v) is 11.2. The monoisotopic (exact) mass is 562 g/mol. The van der Waals surface area contributed by atoms with Gasteiger partial charge < -0.3 is 21.3 Å². The van der Waals surface area contributed by atoms with Crippen LogP contribution >= 0.6 is 11.6 Å². The molecule has 39 heavy (non-hydrogen) atoms. The Hall–Kier alpha value is -4.34. The van der Waals surface area contributed by atoms with Crippen molar-refractivity contribution in [2.24, 2.45) is 0 Å². The summed E-state index contributed by atoms with van der Waals surface area (Å²) in [4.78, 5) is 26.4. The first kappa shape index (κ1) is 27.7. The van der Waals surface area contributed by atoms with Gasteiger partial charge in [0.05, 0.1) is 17.0 Å². The molecule has 4 N–H and O–H groups in total. The summed E-state index contributed by atoms with van der Waals surface area (Å²) in [6.07, 6.45) is 1.12. The molecule has 4 aromatic rings. The molecule has 200 valence electrons. The summed E-state index contributed by atoms with van der Waals surface area (Å²) in [5, 5.41) is 12.1. The third kappa shape index (κ3) is 7.83. The van der Waals surface area contributed by atoms with Gasteiger partial charge in [0.15, 0.2) is 9.84 Å². The number of urea groups is 2. The molecule has 0 aromatic heterocycles. The van der Waals surface area contributed by atoms with E-state index >= 15 is 0 Å². The van der Waals surface area contributed by atoms with Crippen molar-refractivity contribution in [1.29, 1.82) is 0 Å². The van der Waals surface area contributed by atoms with E-state index < -0.39 is 34.0 Å². The van der Waals surface area contributed by atoms with Crippen molar-refractivity contribution in [2.75, 3.05) is 16.9 Å². The third-order valence-electron chi connectivity index (χ3n) is 5.87. The second kappa shape index (κ2) is 12.5. The van der Waals surface area contributed by atoms with Crippen LogP contribution in [0.5, 0.6) is 0 Å². The van der Waals surface area contributed by atoms with E-state index in [-0.39, 0.29) is 4.90 Å². The third-order valence-corrected chi connectivity index (χ3v) is 7.25. The summed E-state index contributed by atoms with van der Waals surface area (Å²) in [7, 11) is -3.36. The quantitative estimate of drug-likeness (QED) is 0.205. The molecule has 0 fully saturated rings. The lowest BCUT2D eigenvalue weighted by Gasteiger charge is -2.30. The Labute approximate surface area is 232 Å². The zero-order valence-electron chi connectivity index (χ0n) is 21.0.